The van der Waals surface area contributed by atoms with Gasteiger partial charge in [0.1, 0.15) is 16.9 Å². The van der Waals surface area contributed by atoms with Crippen molar-refractivity contribution < 1.29 is 19.1 Å². The van der Waals surface area contributed by atoms with Crippen LogP contribution in [0.3, 0.4) is 0 Å². The number of piperidine rings is 1. The fourth-order valence-corrected chi connectivity index (χ4v) is 7.30. The van der Waals surface area contributed by atoms with Crippen molar-refractivity contribution in [1.29, 1.82) is 0 Å². The summed E-state index contributed by atoms with van der Waals surface area (Å²) >= 11 is 1.64. The fourth-order valence-electron chi connectivity index (χ4n) is 6.29. The van der Waals surface area contributed by atoms with E-state index < -0.39 is 6.04 Å². The summed E-state index contributed by atoms with van der Waals surface area (Å²) in [4.78, 5) is 53.1. The Labute approximate surface area is 288 Å². The molecule has 1 fully saturated rings. The van der Waals surface area contributed by atoms with Gasteiger partial charge in [0.25, 0.3) is 11.8 Å². The van der Waals surface area contributed by atoms with Gasteiger partial charge in [-0.2, -0.15) is 0 Å². The minimum atomic E-state index is -0.691. The molecule has 3 amide bonds. The number of thiazole rings is 1. The van der Waals surface area contributed by atoms with E-state index in [2.05, 4.69) is 46.7 Å². The second kappa shape index (κ2) is 13.7. The van der Waals surface area contributed by atoms with Gasteiger partial charge >= 0.3 is 0 Å². The molecule has 3 aromatic carbocycles. The third-order valence-electron chi connectivity index (χ3n) is 8.99. The van der Waals surface area contributed by atoms with Crippen LogP contribution in [0, 0.1) is 0 Å². The van der Waals surface area contributed by atoms with E-state index in [1.54, 1.807) is 29.5 Å². The van der Waals surface area contributed by atoms with Crippen molar-refractivity contribution in [3.8, 4) is 21.7 Å². The van der Waals surface area contributed by atoms with Crippen molar-refractivity contribution in [2.24, 2.45) is 0 Å². The summed E-state index contributed by atoms with van der Waals surface area (Å²) in [6, 6.07) is 23.1. The Bertz CT molecular complexity index is 2030. The normalized spacial score (nSPS) is 16.0. The first kappa shape index (κ1) is 32.2. The van der Waals surface area contributed by atoms with E-state index in [4.69, 9.17) is 15.5 Å². The predicted octanol–water partition coefficient (Wildman–Crippen LogP) is 5.28. The average Bonchev–Trinajstić information content (AvgIpc) is 3.69. The lowest BCUT2D eigenvalue weighted by atomic mass is 10.0. The number of nitrogens with two attached hydrogens (primary N) is 1. The number of nitrogens with one attached hydrogen (secondary N) is 1. The average molecular weight is 676 g/mol. The van der Waals surface area contributed by atoms with Crippen molar-refractivity contribution >= 4 is 56.5 Å². The summed E-state index contributed by atoms with van der Waals surface area (Å²) in [7, 11) is 3.95. The van der Waals surface area contributed by atoms with Gasteiger partial charge in [0.05, 0.1) is 30.0 Å². The molecule has 12 heteroatoms. The molecule has 5 aromatic rings. The van der Waals surface area contributed by atoms with Gasteiger partial charge in [-0.3, -0.25) is 19.3 Å². The molecule has 7 rings (SSSR count). The van der Waals surface area contributed by atoms with Crippen molar-refractivity contribution in [1.82, 2.24) is 19.8 Å². The maximum absolute atomic E-state index is 13.3. The van der Waals surface area contributed by atoms with E-state index in [0.29, 0.717) is 30.8 Å². The minimum absolute atomic E-state index is 0.140. The number of anilines is 3. The quantitative estimate of drug-likeness (QED) is 0.109. The first-order valence-electron chi connectivity index (χ1n) is 16.3. The van der Waals surface area contributed by atoms with Gasteiger partial charge in [-0.15, -0.1) is 11.3 Å². The molecule has 4 heterocycles. The number of aromatic nitrogens is 2. The van der Waals surface area contributed by atoms with Gasteiger partial charge in [-0.1, -0.05) is 30.3 Å². The zero-order chi connectivity index (χ0) is 34.1. The number of carbonyl (C=O) groups is 3. The number of hydrogen-bond acceptors (Lipinski definition) is 10. The molecule has 1 unspecified atom stereocenters. The number of nitrogens with zero attached hydrogens (tertiary/aromatic N) is 5. The smallest absolute Gasteiger partial charge is 0.255 e. The Morgan fingerprint density at radius 2 is 1.78 bits per heavy atom. The zero-order valence-electron chi connectivity index (χ0n) is 27.4. The Morgan fingerprint density at radius 1 is 0.980 bits per heavy atom. The van der Waals surface area contributed by atoms with E-state index in [0.717, 1.165) is 49.0 Å². The molecule has 0 spiro atoms. The third-order valence-corrected chi connectivity index (χ3v) is 10.1. The van der Waals surface area contributed by atoms with Gasteiger partial charge in [0.15, 0.2) is 0 Å². The number of amides is 3. The molecule has 0 saturated carbocycles. The number of hydrogen-bond donors (Lipinski definition) is 2. The molecule has 0 radical (unpaired) electrons. The van der Waals surface area contributed by atoms with E-state index >= 15 is 0 Å². The van der Waals surface area contributed by atoms with Crippen LogP contribution in [0.2, 0.25) is 0 Å². The first-order valence-corrected chi connectivity index (χ1v) is 17.1. The molecule has 11 nitrogen and oxygen atoms in total. The maximum Gasteiger partial charge on any atom is 0.255 e. The number of fused-ring (bicyclic) bond motifs is 2. The highest BCUT2D eigenvalue weighted by molar-refractivity contribution is 7.21. The molecule has 1 saturated heterocycles. The van der Waals surface area contributed by atoms with Crippen molar-refractivity contribution in [3.05, 3.63) is 90.1 Å². The van der Waals surface area contributed by atoms with Crippen LogP contribution in [0.5, 0.6) is 0 Å². The predicted molar refractivity (Wildman–Crippen MR) is 192 cm³/mol. The highest BCUT2D eigenvalue weighted by atomic mass is 32.1. The monoisotopic (exact) mass is 675 g/mol. The molecule has 0 bridgehead atoms. The van der Waals surface area contributed by atoms with Gasteiger partial charge in [0.2, 0.25) is 5.91 Å². The van der Waals surface area contributed by atoms with Gasteiger partial charge in [0, 0.05) is 73.4 Å². The molecule has 2 aromatic heterocycles. The molecule has 2 aliphatic rings. The van der Waals surface area contributed by atoms with E-state index in [-0.39, 0.29) is 43.8 Å². The number of rotatable bonds is 11. The third kappa shape index (κ3) is 6.57. The van der Waals surface area contributed by atoms with E-state index in [9.17, 15) is 14.4 Å². The zero-order valence-corrected chi connectivity index (χ0v) is 28.2. The maximum atomic E-state index is 13.3. The lowest BCUT2D eigenvalue weighted by molar-refractivity contribution is -0.153. The molecule has 250 valence electrons. The van der Waals surface area contributed by atoms with Crippen molar-refractivity contribution in [2.75, 3.05) is 56.3 Å². The van der Waals surface area contributed by atoms with Crippen LogP contribution >= 0.6 is 11.3 Å². The topological polar surface area (TPSA) is 134 Å². The summed E-state index contributed by atoms with van der Waals surface area (Å²) in [6.07, 6.45) is 2.40. The Hall–Kier alpha value is -5.33. The number of imide groups is 1. The lowest BCUT2D eigenvalue weighted by Crippen LogP contribution is -2.55. The summed E-state index contributed by atoms with van der Waals surface area (Å²) in [5.74, 6) is 0.0924. The Morgan fingerprint density at radius 3 is 2.53 bits per heavy atom. The van der Waals surface area contributed by atoms with Crippen LogP contribution in [0.25, 0.3) is 31.9 Å². The molecular formula is C37H37N7O4S. The first-order chi connectivity index (χ1) is 23.8. The lowest BCUT2D eigenvalue weighted by Gasteiger charge is -2.35. The van der Waals surface area contributed by atoms with E-state index in [1.807, 2.05) is 43.4 Å². The number of ether oxygens (including phenoxy) is 1. The molecule has 2 aliphatic heterocycles. The Balaban J connectivity index is 0.890. The van der Waals surface area contributed by atoms with Crippen molar-refractivity contribution in [2.45, 2.75) is 25.4 Å². The fraction of sp³-hybridized carbons (Fsp3) is 0.270. The summed E-state index contributed by atoms with van der Waals surface area (Å²) < 4.78 is 6.87. The largest absolute Gasteiger partial charge is 0.398 e. The van der Waals surface area contributed by atoms with Gasteiger partial charge in [-0.25, -0.2) is 9.97 Å². The summed E-state index contributed by atoms with van der Waals surface area (Å²) in [6.45, 7) is 1.57. The van der Waals surface area contributed by atoms with Crippen LogP contribution < -0.4 is 16.0 Å². The Kier molecular flexibility index (Phi) is 8.98. The van der Waals surface area contributed by atoms with Crippen molar-refractivity contribution in [3.63, 3.8) is 0 Å². The second-order valence-corrected chi connectivity index (χ2v) is 13.4. The molecule has 3 N–H and O–H groups in total. The van der Waals surface area contributed by atoms with Crippen LogP contribution in [-0.2, 0) is 20.9 Å². The van der Waals surface area contributed by atoms with Gasteiger partial charge < -0.3 is 25.6 Å². The number of likely N-dealkylation sites (tertiary alicyclic amines) is 1. The number of carbonyl (C=O) groups excluding carboxylic acids is 3. The van der Waals surface area contributed by atoms with Crippen LogP contribution in [0.1, 0.15) is 28.8 Å². The summed E-state index contributed by atoms with van der Waals surface area (Å²) in [5.41, 5.74) is 13.0. The van der Waals surface area contributed by atoms with Crippen LogP contribution in [0.4, 0.5) is 17.2 Å². The standard InChI is InChI=1S/C37H37N7O4S/c1-42(2)33-14-10-25(21-40-33)23-6-8-24(9-7-23)35-41-30-12-11-26(20-32(30)49-35)39-16-18-48-19-17-43-34(45)15-13-31(37(43)47)44-22-28-27(36(44)46)4-3-5-29(28)38/h3-12,14,20-21,31,39H,13,15-19,22,38H2,1-2H3. The van der Waals surface area contributed by atoms with Gasteiger partial charge in [-0.05, 0) is 54.4 Å². The van der Waals surface area contributed by atoms with Crippen LogP contribution in [0.15, 0.2) is 79.0 Å². The van der Waals surface area contributed by atoms with E-state index in [1.165, 1.54) is 9.80 Å². The molecular weight excluding hydrogens is 639 g/mol. The SMILES string of the molecule is CN(C)c1ccc(-c2ccc(-c3nc4ccc(NCCOCCN5C(=O)CCC(N6Cc7c(N)cccc7C6=O)C5=O)cc4s3)cc2)cn1. The molecule has 49 heavy (non-hydrogen) atoms. The number of nitrogen functional groups attached to an aromatic ring is 1. The number of benzene rings is 3. The molecule has 1 atom stereocenters. The minimum Gasteiger partial charge on any atom is -0.398 e. The highest BCUT2D eigenvalue weighted by Crippen LogP contribution is 2.34. The second-order valence-electron chi connectivity index (χ2n) is 12.4. The molecule has 0 aliphatic carbocycles. The number of pyridine rings is 1. The highest BCUT2D eigenvalue weighted by Gasteiger charge is 2.42. The van der Waals surface area contributed by atoms with Crippen LogP contribution in [-0.4, -0.2) is 83.9 Å². The summed E-state index contributed by atoms with van der Waals surface area (Å²) in [5, 5.41) is 4.34.